The molecule has 0 atom stereocenters. The Labute approximate surface area is 136 Å². The Morgan fingerprint density at radius 1 is 1.24 bits per heavy atom. The van der Waals surface area contributed by atoms with Crippen LogP contribution in [0.5, 0.6) is 5.75 Å². The van der Waals surface area contributed by atoms with E-state index in [2.05, 4.69) is 33.5 Å². The van der Waals surface area contributed by atoms with Crippen molar-refractivity contribution >= 4 is 39.2 Å². The van der Waals surface area contributed by atoms with E-state index in [1.807, 2.05) is 30.3 Å². The van der Waals surface area contributed by atoms with Crippen molar-refractivity contribution < 1.29 is 9.53 Å². The molecular weight excluding hydrogens is 352 g/mol. The molecule has 2 rings (SSSR count). The third-order valence-corrected chi connectivity index (χ3v) is 3.39. The minimum absolute atomic E-state index is 0.0551. The second-order valence-corrected chi connectivity index (χ2v) is 5.53. The Morgan fingerprint density at radius 2 is 1.95 bits per heavy atom. The number of amides is 1. The first kappa shape index (κ1) is 15.5. The summed E-state index contributed by atoms with van der Waals surface area (Å²) >= 11 is 8.02. The number of carbonyl (C=O) groups excluding carboxylic acids is 1. The summed E-state index contributed by atoms with van der Waals surface area (Å²) in [4.78, 5) is 11.8. The highest BCUT2D eigenvalue weighted by Crippen LogP contribution is 2.26. The lowest BCUT2D eigenvalue weighted by Crippen LogP contribution is -2.34. The largest absolute Gasteiger partial charge is 0.488 e. The Bertz CT molecular complexity index is 662. The fourth-order valence-corrected chi connectivity index (χ4v) is 2.26. The Balaban J connectivity index is 2.05. The second-order valence-electron chi connectivity index (χ2n) is 4.24. The molecule has 0 aromatic heterocycles. The second kappa shape index (κ2) is 7.19. The highest BCUT2D eigenvalue weighted by atomic mass is 79.9. The number of benzene rings is 2. The zero-order valence-electron chi connectivity index (χ0n) is 11.0. The van der Waals surface area contributed by atoms with E-state index in [1.165, 1.54) is 0 Å². The molecule has 3 N–H and O–H groups in total. The van der Waals surface area contributed by atoms with Crippen LogP contribution in [0.3, 0.4) is 0 Å². The number of carbonyl (C=O) groups is 1. The van der Waals surface area contributed by atoms with Crippen molar-refractivity contribution in [2.75, 3.05) is 0 Å². The molecule has 2 aromatic carbocycles. The van der Waals surface area contributed by atoms with Crippen LogP contribution in [0, 0.1) is 0 Å². The van der Waals surface area contributed by atoms with Crippen molar-refractivity contribution in [3.8, 4) is 5.75 Å². The molecule has 21 heavy (non-hydrogen) atoms. The molecule has 0 aliphatic rings. The first-order chi connectivity index (χ1) is 10.1. The normalized spacial score (nSPS) is 9.95. The molecule has 0 fully saturated rings. The van der Waals surface area contributed by atoms with Crippen LogP contribution in [0.4, 0.5) is 0 Å². The number of ether oxygens (including phenoxy) is 1. The molecule has 2 aromatic rings. The topological polar surface area (TPSA) is 64.3 Å². The van der Waals surface area contributed by atoms with Gasteiger partial charge in [-0.3, -0.25) is 10.1 Å². The van der Waals surface area contributed by atoms with Gasteiger partial charge in [-0.25, -0.2) is 0 Å². The third kappa shape index (κ3) is 4.54. The van der Waals surface area contributed by atoms with Gasteiger partial charge in [0.25, 0.3) is 5.91 Å². The fourth-order valence-electron chi connectivity index (χ4n) is 1.68. The summed E-state index contributed by atoms with van der Waals surface area (Å²) in [5, 5.41) is 2.32. The number of halogens is 1. The van der Waals surface area contributed by atoms with Gasteiger partial charge in [0.1, 0.15) is 12.4 Å². The van der Waals surface area contributed by atoms with Crippen LogP contribution in [-0.4, -0.2) is 11.0 Å². The maximum absolute atomic E-state index is 11.8. The van der Waals surface area contributed by atoms with Crippen LogP contribution < -0.4 is 15.8 Å². The summed E-state index contributed by atoms with van der Waals surface area (Å²) in [5.41, 5.74) is 6.79. The average Bonchev–Trinajstić information content (AvgIpc) is 2.46. The van der Waals surface area contributed by atoms with Crippen molar-refractivity contribution in [1.29, 1.82) is 0 Å². The molecule has 0 bridgehead atoms. The smallest absolute Gasteiger partial charge is 0.257 e. The molecule has 108 valence electrons. The molecule has 6 heteroatoms. The van der Waals surface area contributed by atoms with Crippen LogP contribution in [0.1, 0.15) is 15.9 Å². The SMILES string of the molecule is NC(=S)NC(=O)c1ccc(OCc2ccccc2)c(Br)c1. The van der Waals surface area contributed by atoms with Crippen LogP contribution in [0.15, 0.2) is 53.0 Å². The molecule has 0 aliphatic heterocycles. The van der Waals surface area contributed by atoms with Gasteiger partial charge < -0.3 is 10.5 Å². The summed E-state index contributed by atoms with van der Waals surface area (Å²) in [5.74, 6) is 0.309. The predicted octanol–water partition coefficient (Wildman–Crippen LogP) is 3.00. The van der Waals surface area contributed by atoms with Crippen LogP contribution in [-0.2, 0) is 6.61 Å². The summed E-state index contributed by atoms with van der Waals surface area (Å²) in [6.45, 7) is 0.456. The van der Waals surface area contributed by atoms with Crippen molar-refractivity contribution in [2.24, 2.45) is 5.73 Å². The molecule has 0 saturated heterocycles. The molecule has 0 heterocycles. The Kier molecular flexibility index (Phi) is 5.30. The fraction of sp³-hybridized carbons (Fsp3) is 0.0667. The number of nitrogens with one attached hydrogen (secondary N) is 1. The lowest BCUT2D eigenvalue weighted by molar-refractivity contribution is 0.0977. The Morgan fingerprint density at radius 3 is 2.57 bits per heavy atom. The van der Waals surface area contributed by atoms with Gasteiger partial charge in [-0.05, 0) is 51.9 Å². The van der Waals surface area contributed by atoms with E-state index in [-0.39, 0.29) is 11.0 Å². The van der Waals surface area contributed by atoms with E-state index in [4.69, 9.17) is 10.5 Å². The Hall–Kier alpha value is -1.92. The van der Waals surface area contributed by atoms with E-state index in [0.717, 1.165) is 5.56 Å². The summed E-state index contributed by atoms with van der Waals surface area (Å²) < 4.78 is 6.40. The maximum Gasteiger partial charge on any atom is 0.257 e. The predicted molar refractivity (Wildman–Crippen MR) is 89.2 cm³/mol. The molecule has 0 aliphatic carbocycles. The maximum atomic E-state index is 11.8. The number of hydrogen-bond acceptors (Lipinski definition) is 3. The van der Waals surface area contributed by atoms with Crippen molar-refractivity contribution in [3.63, 3.8) is 0 Å². The highest BCUT2D eigenvalue weighted by Gasteiger charge is 2.09. The number of hydrogen-bond donors (Lipinski definition) is 2. The van der Waals surface area contributed by atoms with Gasteiger partial charge in [-0.15, -0.1) is 0 Å². The molecule has 1 amide bonds. The number of rotatable bonds is 4. The van der Waals surface area contributed by atoms with Gasteiger partial charge in [0.2, 0.25) is 0 Å². The van der Waals surface area contributed by atoms with Crippen molar-refractivity contribution in [1.82, 2.24) is 5.32 Å². The van der Waals surface area contributed by atoms with Crippen molar-refractivity contribution in [3.05, 3.63) is 64.1 Å². The first-order valence-corrected chi connectivity index (χ1v) is 7.33. The number of nitrogens with two attached hydrogens (primary N) is 1. The minimum atomic E-state index is -0.349. The minimum Gasteiger partial charge on any atom is -0.488 e. The quantitative estimate of drug-likeness (QED) is 0.818. The van der Waals surface area contributed by atoms with Gasteiger partial charge in [0.15, 0.2) is 5.11 Å². The standard InChI is InChI=1S/C15H13BrN2O2S/c16-12-8-11(14(19)18-15(17)21)6-7-13(12)20-9-10-4-2-1-3-5-10/h1-8H,9H2,(H3,17,18,19,21). The lowest BCUT2D eigenvalue weighted by atomic mass is 10.2. The van der Waals surface area contributed by atoms with E-state index in [9.17, 15) is 4.79 Å². The molecule has 4 nitrogen and oxygen atoms in total. The molecule has 0 spiro atoms. The van der Waals surface area contributed by atoms with Gasteiger partial charge in [-0.2, -0.15) is 0 Å². The van der Waals surface area contributed by atoms with Crippen molar-refractivity contribution in [2.45, 2.75) is 6.61 Å². The first-order valence-electron chi connectivity index (χ1n) is 6.13. The monoisotopic (exact) mass is 364 g/mol. The zero-order valence-corrected chi connectivity index (χ0v) is 13.4. The van der Waals surface area contributed by atoms with E-state index >= 15 is 0 Å². The zero-order chi connectivity index (χ0) is 15.2. The third-order valence-electron chi connectivity index (χ3n) is 2.67. The van der Waals surface area contributed by atoms with Gasteiger partial charge in [0, 0.05) is 5.56 Å². The summed E-state index contributed by atoms with van der Waals surface area (Å²) in [7, 11) is 0. The number of thiocarbonyl (C=S) groups is 1. The molecule has 0 radical (unpaired) electrons. The van der Waals surface area contributed by atoms with Crippen LogP contribution in [0.2, 0.25) is 0 Å². The average molecular weight is 365 g/mol. The molecule has 0 saturated carbocycles. The van der Waals surface area contributed by atoms with Gasteiger partial charge in [0.05, 0.1) is 4.47 Å². The summed E-state index contributed by atoms with van der Waals surface area (Å²) in [6.07, 6.45) is 0. The van der Waals surface area contributed by atoms with E-state index in [0.29, 0.717) is 22.4 Å². The highest BCUT2D eigenvalue weighted by molar-refractivity contribution is 9.10. The van der Waals surface area contributed by atoms with E-state index in [1.54, 1.807) is 18.2 Å². The summed E-state index contributed by atoms with van der Waals surface area (Å²) in [6, 6.07) is 14.9. The van der Waals surface area contributed by atoms with Crippen LogP contribution >= 0.6 is 28.1 Å². The van der Waals surface area contributed by atoms with Gasteiger partial charge >= 0.3 is 0 Å². The van der Waals surface area contributed by atoms with Crippen LogP contribution in [0.25, 0.3) is 0 Å². The van der Waals surface area contributed by atoms with E-state index < -0.39 is 0 Å². The lowest BCUT2D eigenvalue weighted by Gasteiger charge is -2.10. The molecule has 0 unspecified atom stereocenters. The molecular formula is C15H13BrN2O2S. The van der Waals surface area contributed by atoms with Gasteiger partial charge in [-0.1, -0.05) is 30.3 Å².